The summed E-state index contributed by atoms with van der Waals surface area (Å²) >= 11 is 9.44. The molecule has 3 rings (SSSR count). The minimum Gasteiger partial charge on any atom is -0.311 e. The first-order chi connectivity index (χ1) is 7.75. The number of rotatable bonds is 0. The molecule has 0 N–H and O–H groups in total. The predicted molar refractivity (Wildman–Crippen MR) is 80.3 cm³/mol. The van der Waals surface area contributed by atoms with E-state index in [1.807, 2.05) is 0 Å². The number of hydrogen-bond acceptors (Lipinski definition) is 3. The number of hydrogen-bond donors (Lipinski definition) is 0. The highest BCUT2D eigenvalue weighted by molar-refractivity contribution is 14.1. The quantitative estimate of drug-likeness (QED) is 0.522. The Labute approximate surface area is 118 Å². The van der Waals surface area contributed by atoms with E-state index < -0.39 is 0 Å². The first-order valence-corrected chi connectivity index (χ1v) is 7.40. The van der Waals surface area contributed by atoms with Gasteiger partial charge in [-0.05, 0) is 47.2 Å². The Morgan fingerprint density at radius 1 is 1.44 bits per heavy atom. The van der Waals surface area contributed by atoms with Crippen molar-refractivity contribution in [1.29, 1.82) is 0 Å². The molecule has 0 atom stereocenters. The van der Waals surface area contributed by atoms with Crippen LogP contribution in [0.5, 0.6) is 0 Å². The number of aliphatic imine (C=N–C) groups is 1. The molecule has 0 saturated heterocycles. The van der Waals surface area contributed by atoms with Crippen LogP contribution in [0.3, 0.4) is 0 Å². The van der Waals surface area contributed by atoms with Gasteiger partial charge in [0.1, 0.15) is 10.2 Å². The Hall–Kier alpha value is -0.140. The lowest BCUT2D eigenvalue weighted by atomic mass is 10.1. The summed E-state index contributed by atoms with van der Waals surface area (Å²) in [5.41, 5.74) is 1.24. The van der Waals surface area contributed by atoms with E-state index in [2.05, 4.69) is 50.7 Å². The summed E-state index contributed by atoms with van der Waals surface area (Å²) in [6, 6.07) is 6.46. The fourth-order valence-corrected chi connectivity index (χ4v) is 3.74. The van der Waals surface area contributed by atoms with Crippen LogP contribution in [0.4, 0.5) is 0 Å². The highest BCUT2D eigenvalue weighted by Gasteiger charge is 2.28. The fourth-order valence-electron chi connectivity index (χ4n) is 1.93. The summed E-state index contributed by atoms with van der Waals surface area (Å²) < 4.78 is 2.19. The monoisotopic (exact) mass is 360 g/mol. The maximum Gasteiger partial charge on any atom is 0.146 e. The second-order valence-corrected chi connectivity index (χ2v) is 6.64. The molecule has 2 aliphatic heterocycles. The first-order valence-electron chi connectivity index (χ1n) is 5.09. The lowest BCUT2D eigenvalue weighted by Gasteiger charge is -2.34. The summed E-state index contributed by atoms with van der Waals surface area (Å²) in [5, 5.41) is 0. The lowest BCUT2D eigenvalue weighted by molar-refractivity contribution is 0.560. The molecule has 0 fully saturated rings. The zero-order valence-corrected chi connectivity index (χ0v) is 12.2. The van der Waals surface area contributed by atoms with Gasteiger partial charge in [-0.2, -0.15) is 0 Å². The maximum absolute atomic E-state index is 5.42. The largest absolute Gasteiger partial charge is 0.311 e. The van der Waals surface area contributed by atoms with Gasteiger partial charge in [-0.25, -0.2) is 0 Å². The van der Waals surface area contributed by atoms with E-state index in [-0.39, 0.29) is 0 Å². The van der Waals surface area contributed by atoms with Gasteiger partial charge in [0.05, 0.1) is 0 Å². The molecule has 0 aliphatic carbocycles. The third-order valence-electron chi connectivity index (χ3n) is 2.66. The SMILES string of the molecule is S=C1Sc2ccc(I)cc2C2=NCCCN12. The molecule has 1 aromatic carbocycles. The van der Waals surface area contributed by atoms with Gasteiger partial charge in [0.25, 0.3) is 0 Å². The van der Waals surface area contributed by atoms with Crippen LogP contribution in [0, 0.1) is 3.57 Å². The van der Waals surface area contributed by atoms with Crippen molar-refractivity contribution in [2.45, 2.75) is 11.3 Å². The Bertz CT molecular complexity index is 499. The highest BCUT2D eigenvalue weighted by Crippen LogP contribution is 2.34. The molecule has 1 aromatic rings. The van der Waals surface area contributed by atoms with Crippen LogP contribution in [0.2, 0.25) is 0 Å². The van der Waals surface area contributed by atoms with Crippen LogP contribution in [0.1, 0.15) is 12.0 Å². The molecule has 2 heterocycles. The zero-order valence-electron chi connectivity index (χ0n) is 8.44. The van der Waals surface area contributed by atoms with Gasteiger partial charge in [0, 0.05) is 27.1 Å². The summed E-state index contributed by atoms with van der Waals surface area (Å²) in [6.07, 6.45) is 1.10. The number of fused-ring (bicyclic) bond motifs is 3. The third-order valence-corrected chi connectivity index (χ3v) is 4.77. The Kier molecular flexibility index (Phi) is 2.93. The Morgan fingerprint density at radius 2 is 2.31 bits per heavy atom. The number of halogens is 1. The van der Waals surface area contributed by atoms with Gasteiger partial charge in [0.2, 0.25) is 0 Å². The van der Waals surface area contributed by atoms with Crippen LogP contribution in [-0.2, 0) is 0 Å². The lowest BCUT2D eigenvalue weighted by Crippen LogP contribution is -2.41. The van der Waals surface area contributed by atoms with Gasteiger partial charge in [-0.3, -0.25) is 4.99 Å². The average Bonchev–Trinajstić information content (AvgIpc) is 2.31. The highest BCUT2D eigenvalue weighted by atomic mass is 127. The number of amidine groups is 1. The molecule has 82 valence electrons. The number of thiocarbonyl (C=S) groups is 1. The second-order valence-electron chi connectivity index (χ2n) is 3.72. The molecule has 2 nitrogen and oxygen atoms in total. The van der Waals surface area contributed by atoms with Crippen molar-refractivity contribution < 1.29 is 0 Å². The number of benzene rings is 1. The van der Waals surface area contributed by atoms with Crippen LogP contribution in [0.15, 0.2) is 28.1 Å². The molecular weight excluding hydrogens is 351 g/mol. The fraction of sp³-hybridized carbons (Fsp3) is 0.273. The average molecular weight is 360 g/mol. The Morgan fingerprint density at radius 3 is 3.19 bits per heavy atom. The van der Waals surface area contributed by atoms with Crippen molar-refractivity contribution in [3.8, 4) is 0 Å². The summed E-state index contributed by atoms with van der Waals surface area (Å²) in [6.45, 7) is 1.93. The van der Waals surface area contributed by atoms with Gasteiger partial charge in [-0.1, -0.05) is 24.0 Å². The van der Waals surface area contributed by atoms with Gasteiger partial charge < -0.3 is 4.90 Å². The van der Waals surface area contributed by atoms with Gasteiger partial charge in [-0.15, -0.1) is 0 Å². The zero-order chi connectivity index (χ0) is 11.1. The molecule has 0 bridgehead atoms. The van der Waals surface area contributed by atoms with E-state index >= 15 is 0 Å². The topological polar surface area (TPSA) is 15.6 Å². The van der Waals surface area contributed by atoms with Gasteiger partial charge >= 0.3 is 0 Å². The van der Waals surface area contributed by atoms with Crippen molar-refractivity contribution in [2.24, 2.45) is 4.99 Å². The standard InChI is InChI=1S/C11H9IN2S2/c12-7-2-3-9-8(6-7)10-13-4-1-5-14(10)11(15)16-9/h2-3,6H,1,4-5H2. The minimum atomic E-state index is 0.921. The molecule has 0 saturated carbocycles. The van der Waals surface area contributed by atoms with E-state index in [4.69, 9.17) is 12.2 Å². The van der Waals surface area contributed by atoms with E-state index in [0.717, 1.165) is 29.7 Å². The summed E-state index contributed by atoms with van der Waals surface area (Å²) in [4.78, 5) is 8.03. The second kappa shape index (κ2) is 4.27. The van der Waals surface area contributed by atoms with Crippen LogP contribution < -0.4 is 0 Å². The van der Waals surface area contributed by atoms with Crippen LogP contribution in [0.25, 0.3) is 0 Å². The molecule has 0 unspecified atom stereocenters. The molecular formula is C11H9IN2S2. The van der Waals surface area contributed by atoms with Crippen molar-refractivity contribution in [3.63, 3.8) is 0 Å². The summed E-state index contributed by atoms with van der Waals surface area (Å²) in [7, 11) is 0. The molecule has 2 aliphatic rings. The minimum absolute atomic E-state index is 0.921. The Balaban J connectivity index is 2.18. The van der Waals surface area contributed by atoms with Crippen LogP contribution >= 0.6 is 46.6 Å². The number of nitrogens with zero attached hydrogens (tertiary/aromatic N) is 2. The van der Waals surface area contributed by atoms with E-state index in [1.165, 1.54) is 14.0 Å². The van der Waals surface area contributed by atoms with Crippen molar-refractivity contribution in [1.82, 2.24) is 4.90 Å². The molecule has 0 aromatic heterocycles. The van der Waals surface area contributed by atoms with E-state index in [0.29, 0.717) is 0 Å². The van der Waals surface area contributed by atoms with E-state index in [1.54, 1.807) is 11.8 Å². The third kappa shape index (κ3) is 1.78. The van der Waals surface area contributed by atoms with Crippen molar-refractivity contribution in [2.75, 3.05) is 13.1 Å². The molecule has 16 heavy (non-hydrogen) atoms. The van der Waals surface area contributed by atoms with Gasteiger partial charge in [0.15, 0.2) is 0 Å². The van der Waals surface area contributed by atoms with E-state index in [9.17, 15) is 0 Å². The normalized spacial score (nSPS) is 18.9. The number of thioether (sulfide) groups is 1. The van der Waals surface area contributed by atoms with Crippen molar-refractivity contribution >= 4 is 56.7 Å². The molecule has 5 heteroatoms. The summed E-state index contributed by atoms with van der Waals surface area (Å²) in [5.74, 6) is 1.07. The maximum atomic E-state index is 5.42. The predicted octanol–water partition coefficient (Wildman–Crippen LogP) is 3.13. The first kappa shape index (κ1) is 11.0. The molecule has 0 spiro atoms. The molecule has 0 radical (unpaired) electrons. The smallest absolute Gasteiger partial charge is 0.146 e. The molecule has 0 amide bonds. The van der Waals surface area contributed by atoms with Crippen LogP contribution in [-0.4, -0.2) is 28.1 Å². The van der Waals surface area contributed by atoms with Crippen molar-refractivity contribution in [3.05, 3.63) is 27.3 Å².